The molecule has 0 aliphatic carbocycles. The topological polar surface area (TPSA) is 78.1 Å². The van der Waals surface area contributed by atoms with Crippen molar-refractivity contribution in [3.63, 3.8) is 0 Å². The fraction of sp³-hybridized carbons (Fsp3) is 0.208. The summed E-state index contributed by atoms with van der Waals surface area (Å²) in [7, 11) is 0. The number of carbonyl (C=O) groups excluding carboxylic acids is 2. The second kappa shape index (κ2) is 8.55. The number of H-pyrrole nitrogens is 1. The minimum absolute atomic E-state index is 0.0395. The van der Waals surface area contributed by atoms with Gasteiger partial charge in [0.05, 0.1) is 15.9 Å². The monoisotopic (exact) mass is 448 g/mol. The number of carbonyl (C=O) groups is 2. The molecule has 4 aromatic rings. The summed E-state index contributed by atoms with van der Waals surface area (Å²) in [5.74, 6) is 0.114. The highest BCUT2D eigenvalue weighted by atomic mass is 32.1. The third kappa shape index (κ3) is 4.13. The summed E-state index contributed by atoms with van der Waals surface area (Å²) in [5, 5.41) is 4.88. The third-order valence-electron chi connectivity index (χ3n) is 5.73. The van der Waals surface area contributed by atoms with E-state index in [0.29, 0.717) is 43.0 Å². The zero-order chi connectivity index (χ0) is 22.1. The number of thiophene rings is 1. The number of nitrogens with zero attached hydrogens (tertiary/aromatic N) is 2. The number of amides is 2. The van der Waals surface area contributed by atoms with Crippen molar-refractivity contribution >= 4 is 39.9 Å². The van der Waals surface area contributed by atoms with Crippen LogP contribution >= 0.6 is 11.3 Å². The summed E-state index contributed by atoms with van der Waals surface area (Å²) in [6.07, 6.45) is 1.28. The molecular weight excluding hydrogens is 427 g/mol. The Morgan fingerprint density at radius 1 is 1.09 bits per heavy atom. The highest BCUT2D eigenvalue weighted by Gasteiger charge is 2.28. The summed E-state index contributed by atoms with van der Waals surface area (Å²) >= 11 is 1.44. The molecule has 2 aromatic carbocycles. The van der Waals surface area contributed by atoms with E-state index in [2.05, 4.69) is 15.3 Å². The van der Waals surface area contributed by atoms with Gasteiger partial charge < -0.3 is 15.2 Å². The van der Waals surface area contributed by atoms with Crippen LogP contribution in [0.1, 0.15) is 22.5 Å². The molecule has 0 bridgehead atoms. The van der Waals surface area contributed by atoms with E-state index in [9.17, 15) is 14.0 Å². The molecule has 0 saturated carbocycles. The highest BCUT2D eigenvalue weighted by molar-refractivity contribution is 7.12. The van der Waals surface area contributed by atoms with Gasteiger partial charge in [-0.3, -0.25) is 9.59 Å². The lowest BCUT2D eigenvalue weighted by Crippen LogP contribution is -2.41. The van der Waals surface area contributed by atoms with Crippen LogP contribution in [0.2, 0.25) is 0 Å². The number of aromatic amines is 1. The minimum atomic E-state index is -0.320. The maximum Gasteiger partial charge on any atom is 0.263 e. The summed E-state index contributed by atoms with van der Waals surface area (Å²) in [5.41, 5.74) is 2.84. The van der Waals surface area contributed by atoms with Gasteiger partial charge >= 0.3 is 0 Å². The predicted molar refractivity (Wildman–Crippen MR) is 123 cm³/mol. The highest BCUT2D eigenvalue weighted by Crippen LogP contribution is 2.25. The zero-order valence-electron chi connectivity index (χ0n) is 17.2. The number of nitrogens with one attached hydrogen (secondary N) is 2. The number of piperidine rings is 1. The number of anilines is 1. The lowest BCUT2D eigenvalue weighted by atomic mass is 9.95. The molecule has 8 heteroatoms. The van der Waals surface area contributed by atoms with Crippen molar-refractivity contribution in [2.75, 3.05) is 18.4 Å². The van der Waals surface area contributed by atoms with Gasteiger partial charge in [0.25, 0.3) is 5.91 Å². The van der Waals surface area contributed by atoms with Crippen LogP contribution < -0.4 is 5.32 Å². The van der Waals surface area contributed by atoms with Crippen molar-refractivity contribution in [3.8, 4) is 11.4 Å². The van der Waals surface area contributed by atoms with Crippen LogP contribution in [-0.4, -0.2) is 39.8 Å². The molecule has 5 rings (SSSR count). The van der Waals surface area contributed by atoms with Gasteiger partial charge in [-0.25, -0.2) is 9.37 Å². The molecule has 1 aliphatic rings. The van der Waals surface area contributed by atoms with E-state index >= 15 is 0 Å². The first-order valence-corrected chi connectivity index (χ1v) is 11.3. The molecule has 0 atom stereocenters. The van der Waals surface area contributed by atoms with Gasteiger partial charge in [0.15, 0.2) is 0 Å². The first-order valence-electron chi connectivity index (χ1n) is 10.5. The number of imidazole rings is 1. The molecule has 1 fully saturated rings. The van der Waals surface area contributed by atoms with Gasteiger partial charge in [-0.2, -0.15) is 0 Å². The molecule has 2 N–H and O–H groups in total. The van der Waals surface area contributed by atoms with E-state index in [4.69, 9.17) is 0 Å². The van der Waals surface area contributed by atoms with Crippen LogP contribution in [0.15, 0.2) is 60.0 Å². The van der Waals surface area contributed by atoms with Crippen LogP contribution in [0.5, 0.6) is 0 Å². The average molecular weight is 449 g/mol. The molecule has 0 radical (unpaired) electrons. The molecule has 3 heterocycles. The van der Waals surface area contributed by atoms with E-state index in [0.717, 1.165) is 15.9 Å². The van der Waals surface area contributed by atoms with Gasteiger partial charge in [0, 0.05) is 30.3 Å². The molecule has 162 valence electrons. The van der Waals surface area contributed by atoms with Crippen LogP contribution in [0.3, 0.4) is 0 Å². The molecule has 32 heavy (non-hydrogen) atoms. The van der Waals surface area contributed by atoms with E-state index in [1.165, 1.54) is 23.5 Å². The van der Waals surface area contributed by atoms with Crippen molar-refractivity contribution in [1.29, 1.82) is 0 Å². The van der Waals surface area contributed by atoms with Crippen LogP contribution in [0.4, 0.5) is 10.1 Å². The second-order valence-corrected chi connectivity index (χ2v) is 8.81. The van der Waals surface area contributed by atoms with E-state index in [1.54, 1.807) is 12.1 Å². The molecular formula is C24H21FN4O2S. The van der Waals surface area contributed by atoms with Crippen molar-refractivity contribution in [2.45, 2.75) is 12.8 Å². The smallest absolute Gasteiger partial charge is 0.263 e. The SMILES string of the molecule is O=C(Nc1ccc2nc(-c3cccc(F)c3)[nH]c2c1)C1CCN(C(=O)c2cccs2)CC1. The third-order valence-corrected chi connectivity index (χ3v) is 6.59. The molecule has 6 nitrogen and oxygen atoms in total. The van der Waals surface area contributed by atoms with Crippen LogP contribution in [-0.2, 0) is 4.79 Å². The van der Waals surface area contributed by atoms with Gasteiger partial charge in [0.2, 0.25) is 5.91 Å². The largest absolute Gasteiger partial charge is 0.338 e. The van der Waals surface area contributed by atoms with Crippen LogP contribution in [0, 0.1) is 11.7 Å². The Morgan fingerprint density at radius 2 is 1.94 bits per heavy atom. The van der Waals surface area contributed by atoms with Crippen molar-refractivity contribution in [2.24, 2.45) is 5.92 Å². The Morgan fingerprint density at radius 3 is 2.69 bits per heavy atom. The predicted octanol–water partition coefficient (Wildman–Crippen LogP) is 4.92. The Labute approximate surface area is 188 Å². The molecule has 0 spiro atoms. The number of aromatic nitrogens is 2. The lowest BCUT2D eigenvalue weighted by Gasteiger charge is -2.31. The number of rotatable bonds is 4. The molecule has 1 saturated heterocycles. The van der Waals surface area contributed by atoms with Gasteiger partial charge in [-0.15, -0.1) is 11.3 Å². The minimum Gasteiger partial charge on any atom is -0.338 e. The maximum atomic E-state index is 13.5. The number of hydrogen-bond donors (Lipinski definition) is 2. The number of hydrogen-bond acceptors (Lipinski definition) is 4. The Hall–Kier alpha value is -3.52. The number of benzene rings is 2. The summed E-state index contributed by atoms with van der Waals surface area (Å²) < 4.78 is 13.5. The van der Waals surface area contributed by atoms with Gasteiger partial charge in [-0.05, 0) is 54.6 Å². The summed E-state index contributed by atoms with van der Waals surface area (Å²) in [6, 6.07) is 15.4. The van der Waals surface area contributed by atoms with E-state index in [-0.39, 0.29) is 23.5 Å². The Kier molecular flexibility index (Phi) is 5.45. The lowest BCUT2D eigenvalue weighted by molar-refractivity contribution is -0.121. The standard InChI is InChI=1S/C24H21FN4O2S/c25-17-4-1-3-16(13-17)22-27-19-7-6-18(14-20(19)28-22)26-23(30)15-8-10-29(11-9-15)24(31)21-5-2-12-32-21/h1-7,12-15H,8-11H2,(H,26,30)(H,27,28). The molecule has 0 unspecified atom stereocenters. The van der Waals surface area contributed by atoms with E-state index in [1.807, 2.05) is 40.6 Å². The second-order valence-electron chi connectivity index (χ2n) is 7.86. The molecule has 2 amide bonds. The van der Waals surface area contributed by atoms with Gasteiger partial charge in [0.1, 0.15) is 11.6 Å². The molecule has 2 aromatic heterocycles. The fourth-order valence-electron chi connectivity index (χ4n) is 4.01. The summed E-state index contributed by atoms with van der Waals surface area (Å²) in [4.78, 5) is 35.5. The van der Waals surface area contributed by atoms with E-state index < -0.39 is 0 Å². The van der Waals surface area contributed by atoms with Crippen molar-refractivity contribution in [1.82, 2.24) is 14.9 Å². The first-order chi connectivity index (χ1) is 15.6. The van der Waals surface area contributed by atoms with Crippen molar-refractivity contribution < 1.29 is 14.0 Å². The van der Waals surface area contributed by atoms with Crippen molar-refractivity contribution in [3.05, 3.63) is 70.7 Å². The Bertz CT molecular complexity index is 1280. The fourth-order valence-corrected chi connectivity index (χ4v) is 4.70. The summed E-state index contributed by atoms with van der Waals surface area (Å²) in [6.45, 7) is 1.15. The van der Waals surface area contributed by atoms with Gasteiger partial charge in [-0.1, -0.05) is 18.2 Å². The quantitative estimate of drug-likeness (QED) is 0.465. The number of halogens is 1. The average Bonchev–Trinajstić information content (AvgIpc) is 3.49. The first kappa shape index (κ1) is 20.4. The Balaban J connectivity index is 1.23. The number of likely N-dealkylation sites (tertiary alicyclic amines) is 1. The molecule has 1 aliphatic heterocycles. The number of fused-ring (bicyclic) bond motifs is 1. The van der Waals surface area contributed by atoms with Crippen LogP contribution in [0.25, 0.3) is 22.4 Å². The maximum absolute atomic E-state index is 13.5. The normalized spacial score (nSPS) is 14.6. The zero-order valence-corrected chi connectivity index (χ0v) is 18.0.